The van der Waals surface area contributed by atoms with Crippen LogP contribution in [0.2, 0.25) is 5.02 Å². The van der Waals surface area contributed by atoms with Crippen LogP contribution in [0.5, 0.6) is 0 Å². The largest absolute Gasteiger partial charge is 0.477 e. The lowest BCUT2D eigenvalue weighted by atomic mass is 9.80. The number of nitrogens with zero attached hydrogens (tertiary/aromatic N) is 2. The van der Waals surface area contributed by atoms with Crippen LogP contribution in [-0.2, 0) is 6.54 Å². The third kappa shape index (κ3) is 2.87. The third-order valence-electron chi connectivity index (χ3n) is 3.83. The van der Waals surface area contributed by atoms with Crippen LogP contribution in [-0.4, -0.2) is 40.7 Å². The number of hydrogen-bond donors (Lipinski definition) is 1. The molecule has 0 aromatic carbocycles. The molecule has 100 valence electrons. The van der Waals surface area contributed by atoms with Gasteiger partial charge in [-0.25, -0.2) is 4.79 Å². The van der Waals surface area contributed by atoms with E-state index in [2.05, 4.69) is 18.9 Å². The Morgan fingerprint density at radius 2 is 2.11 bits per heavy atom. The number of halogens is 1. The zero-order chi connectivity index (χ0) is 13.3. The Bertz CT molecular complexity index is 448. The van der Waals surface area contributed by atoms with Crippen molar-refractivity contribution in [1.82, 2.24) is 9.47 Å². The smallest absolute Gasteiger partial charge is 0.352 e. The number of carbonyl (C=O) groups is 1. The third-order valence-corrected chi connectivity index (χ3v) is 4.04. The highest BCUT2D eigenvalue weighted by Crippen LogP contribution is 2.33. The predicted octanol–water partition coefficient (Wildman–Crippen LogP) is 2.57. The molecular formula is C13H19ClN2O2. The van der Waals surface area contributed by atoms with Crippen molar-refractivity contribution in [2.75, 3.05) is 20.1 Å². The zero-order valence-electron chi connectivity index (χ0n) is 10.8. The van der Waals surface area contributed by atoms with E-state index >= 15 is 0 Å². The van der Waals surface area contributed by atoms with Crippen molar-refractivity contribution in [2.45, 2.75) is 26.3 Å². The highest BCUT2D eigenvalue weighted by Gasteiger charge is 2.30. The summed E-state index contributed by atoms with van der Waals surface area (Å²) in [5, 5.41) is 9.64. The van der Waals surface area contributed by atoms with Gasteiger partial charge in [0.2, 0.25) is 0 Å². The summed E-state index contributed by atoms with van der Waals surface area (Å²) in [5.74, 6) is -0.918. The second-order valence-corrected chi connectivity index (χ2v) is 6.03. The van der Waals surface area contributed by atoms with Gasteiger partial charge in [0.05, 0.1) is 5.02 Å². The zero-order valence-corrected chi connectivity index (χ0v) is 11.6. The van der Waals surface area contributed by atoms with Gasteiger partial charge in [-0.15, -0.1) is 0 Å². The summed E-state index contributed by atoms with van der Waals surface area (Å²) in [6, 6.07) is 1.52. The van der Waals surface area contributed by atoms with Crippen LogP contribution in [0.1, 0.15) is 30.3 Å². The van der Waals surface area contributed by atoms with E-state index in [0.29, 0.717) is 5.02 Å². The topological polar surface area (TPSA) is 45.5 Å². The Kier molecular flexibility index (Phi) is 3.69. The molecule has 1 saturated heterocycles. The van der Waals surface area contributed by atoms with Crippen molar-refractivity contribution >= 4 is 17.6 Å². The van der Waals surface area contributed by atoms with Crippen molar-refractivity contribution in [3.05, 3.63) is 23.0 Å². The number of aromatic carboxylic acids is 1. The normalized spacial score (nSPS) is 19.9. The van der Waals surface area contributed by atoms with E-state index in [9.17, 15) is 4.79 Å². The Labute approximate surface area is 112 Å². The lowest BCUT2D eigenvalue weighted by Crippen LogP contribution is -2.38. The van der Waals surface area contributed by atoms with Crippen LogP contribution in [0.4, 0.5) is 0 Å². The summed E-state index contributed by atoms with van der Waals surface area (Å²) in [6.07, 6.45) is 3.88. The molecule has 0 atom stereocenters. The first-order valence-corrected chi connectivity index (χ1v) is 6.55. The molecule has 0 bridgehead atoms. The second kappa shape index (κ2) is 4.94. The maximum absolute atomic E-state index is 11.1. The second-order valence-electron chi connectivity index (χ2n) is 5.59. The standard InChI is InChI=1S/C13H19ClN2O2/c1-13(3-5-15(2)6-4-13)9-16-8-10(14)7-11(16)12(17)18/h7-8H,3-6,9H2,1-2H3,(H,17,18). The molecule has 1 aromatic rings. The van der Waals surface area contributed by atoms with Gasteiger partial charge in [0, 0.05) is 12.7 Å². The van der Waals surface area contributed by atoms with Gasteiger partial charge in [-0.3, -0.25) is 0 Å². The van der Waals surface area contributed by atoms with Gasteiger partial charge in [-0.2, -0.15) is 0 Å². The number of likely N-dealkylation sites (tertiary alicyclic amines) is 1. The van der Waals surface area contributed by atoms with E-state index in [1.165, 1.54) is 6.07 Å². The lowest BCUT2D eigenvalue weighted by molar-refractivity contribution is 0.0674. The Hall–Kier alpha value is -1.00. The molecule has 1 fully saturated rings. The minimum Gasteiger partial charge on any atom is -0.477 e. The molecule has 0 unspecified atom stereocenters. The first kappa shape index (κ1) is 13.4. The van der Waals surface area contributed by atoms with Gasteiger partial charge < -0.3 is 14.6 Å². The van der Waals surface area contributed by atoms with Crippen LogP contribution in [0, 0.1) is 5.41 Å². The summed E-state index contributed by atoms with van der Waals surface area (Å²) >= 11 is 5.90. The molecule has 0 aliphatic carbocycles. The quantitative estimate of drug-likeness (QED) is 0.918. The highest BCUT2D eigenvalue weighted by molar-refractivity contribution is 6.30. The van der Waals surface area contributed by atoms with Gasteiger partial charge in [-0.1, -0.05) is 18.5 Å². The van der Waals surface area contributed by atoms with Crippen molar-refractivity contribution < 1.29 is 9.90 Å². The molecule has 18 heavy (non-hydrogen) atoms. The van der Waals surface area contributed by atoms with E-state index < -0.39 is 5.97 Å². The molecule has 4 nitrogen and oxygen atoms in total. The molecule has 2 heterocycles. The van der Waals surface area contributed by atoms with Gasteiger partial charge in [0.25, 0.3) is 0 Å². The van der Waals surface area contributed by atoms with Crippen molar-refractivity contribution in [2.24, 2.45) is 5.41 Å². The summed E-state index contributed by atoms with van der Waals surface area (Å²) in [7, 11) is 2.12. The SMILES string of the molecule is CN1CCC(C)(Cn2cc(Cl)cc2C(=O)O)CC1. The average molecular weight is 271 g/mol. The molecule has 0 saturated carbocycles. The monoisotopic (exact) mass is 270 g/mol. The van der Waals surface area contributed by atoms with E-state index in [1.807, 2.05) is 0 Å². The number of hydrogen-bond acceptors (Lipinski definition) is 2. The summed E-state index contributed by atoms with van der Waals surface area (Å²) in [4.78, 5) is 13.5. The van der Waals surface area contributed by atoms with E-state index in [0.717, 1.165) is 32.5 Å². The van der Waals surface area contributed by atoms with E-state index in [4.69, 9.17) is 16.7 Å². The van der Waals surface area contributed by atoms with Crippen LogP contribution in [0.15, 0.2) is 12.3 Å². The minimum atomic E-state index is -0.918. The number of rotatable bonds is 3. The molecule has 1 aliphatic heterocycles. The van der Waals surface area contributed by atoms with Gasteiger partial charge in [0.1, 0.15) is 5.69 Å². The van der Waals surface area contributed by atoms with Gasteiger partial charge >= 0.3 is 5.97 Å². The molecule has 1 aliphatic rings. The predicted molar refractivity (Wildman–Crippen MR) is 71.2 cm³/mol. The molecular weight excluding hydrogens is 252 g/mol. The number of carboxylic acids is 1. The number of aromatic nitrogens is 1. The van der Waals surface area contributed by atoms with Crippen molar-refractivity contribution in [3.8, 4) is 0 Å². The molecule has 0 spiro atoms. The maximum Gasteiger partial charge on any atom is 0.352 e. The van der Waals surface area contributed by atoms with Crippen LogP contribution >= 0.6 is 11.6 Å². The summed E-state index contributed by atoms with van der Waals surface area (Å²) in [6.45, 7) is 5.07. The van der Waals surface area contributed by atoms with Crippen LogP contribution < -0.4 is 0 Å². The van der Waals surface area contributed by atoms with Crippen molar-refractivity contribution in [1.29, 1.82) is 0 Å². The molecule has 0 radical (unpaired) electrons. The van der Waals surface area contributed by atoms with Crippen LogP contribution in [0.25, 0.3) is 0 Å². The average Bonchev–Trinajstić information content (AvgIpc) is 2.64. The number of piperidine rings is 1. The molecule has 0 amide bonds. The highest BCUT2D eigenvalue weighted by atomic mass is 35.5. The fourth-order valence-corrected chi connectivity index (χ4v) is 2.73. The maximum atomic E-state index is 11.1. The van der Waals surface area contributed by atoms with Gasteiger partial charge in [0.15, 0.2) is 0 Å². The number of carboxylic acid groups (broad SMARTS) is 1. The Balaban J connectivity index is 2.16. The first-order valence-electron chi connectivity index (χ1n) is 6.17. The lowest BCUT2D eigenvalue weighted by Gasteiger charge is -2.38. The van der Waals surface area contributed by atoms with Crippen LogP contribution in [0.3, 0.4) is 0 Å². The minimum absolute atomic E-state index is 0.152. The summed E-state index contributed by atoms with van der Waals surface area (Å²) in [5.41, 5.74) is 0.430. The van der Waals surface area contributed by atoms with E-state index in [-0.39, 0.29) is 11.1 Å². The van der Waals surface area contributed by atoms with E-state index in [1.54, 1.807) is 10.8 Å². The Morgan fingerprint density at radius 3 is 2.67 bits per heavy atom. The summed E-state index contributed by atoms with van der Waals surface area (Å²) < 4.78 is 1.77. The molecule has 1 aromatic heterocycles. The van der Waals surface area contributed by atoms with Gasteiger partial charge in [-0.05, 0) is 44.5 Å². The molecule has 1 N–H and O–H groups in total. The molecule has 5 heteroatoms. The molecule has 2 rings (SSSR count). The Morgan fingerprint density at radius 1 is 1.50 bits per heavy atom. The fraction of sp³-hybridized carbons (Fsp3) is 0.615. The van der Waals surface area contributed by atoms with Crippen molar-refractivity contribution in [3.63, 3.8) is 0 Å². The first-order chi connectivity index (χ1) is 8.39. The fourth-order valence-electron chi connectivity index (χ4n) is 2.51.